The van der Waals surface area contributed by atoms with E-state index in [0.717, 1.165) is 5.82 Å². The molecule has 1 saturated heterocycles. The molecule has 0 bridgehead atoms. The number of carbonyl (C=O) groups excluding carboxylic acids is 2. The summed E-state index contributed by atoms with van der Waals surface area (Å²) in [5.41, 5.74) is 0.282. The van der Waals surface area contributed by atoms with Crippen molar-refractivity contribution in [3.63, 3.8) is 0 Å². The topological polar surface area (TPSA) is 67.2 Å². The number of amides is 2. The van der Waals surface area contributed by atoms with Crippen LogP contribution in [-0.2, 0) is 11.3 Å². The van der Waals surface area contributed by atoms with E-state index >= 15 is 0 Å². The Balaban J connectivity index is 1.49. The second kappa shape index (κ2) is 7.04. The van der Waals surface area contributed by atoms with E-state index in [1.807, 2.05) is 18.4 Å². The largest absolute Gasteiger partial charge is 0.346 e. The van der Waals surface area contributed by atoms with E-state index in [1.165, 1.54) is 18.2 Å². The fourth-order valence-corrected chi connectivity index (χ4v) is 2.87. The number of rotatable bonds is 5. The maximum atomic E-state index is 13.2. The van der Waals surface area contributed by atoms with Crippen molar-refractivity contribution in [2.24, 2.45) is 0 Å². The zero-order valence-corrected chi connectivity index (χ0v) is 14.3. The van der Waals surface area contributed by atoms with Gasteiger partial charge in [-0.05, 0) is 18.2 Å². The van der Waals surface area contributed by atoms with Crippen molar-refractivity contribution in [3.05, 3.63) is 53.9 Å². The maximum Gasteiger partial charge on any atom is 0.251 e. The summed E-state index contributed by atoms with van der Waals surface area (Å²) in [4.78, 5) is 30.4. The number of nitrogens with one attached hydrogen (secondary N) is 1. The lowest BCUT2D eigenvalue weighted by Crippen LogP contribution is -2.61. The standard InChI is InChI=1S/C18H21FN4O2/c1-12(2)17-20-6-7-22(17)11-16(24)23-9-15(10-23)21-18(25)13-4-3-5-14(19)8-13/h3-8,12,15H,9-11H2,1-2H3,(H,21,25). The number of halogens is 1. The molecule has 1 fully saturated rings. The van der Waals surface area contributed by atoms with Gasteiger partial charge in [-0.25, -0.2) is 9.37 Å². The first-order valence-corrected chi connectivity index (χ1v) is 8.29. The van der Waals surface area contributed by atoms with Crippen LogP contribution in [0.1, 0.15) is 35.9 Å². The monoisotopic (exact) mass is 344 g/mol. The van der Waals surface area contributed by atoms with Crippen LogP contribution in [0, 0.1) is 5.82 Å². The number of benzene rings is 1. The fraction of sp³-hybridized carbons (Fsp3) is 0.389. The number of likely N-dealkylation sites (tertiary alicyclic amines) is 1. The van der Waals surface area contributed by atoms with Crippen molar-refractivity contribution < 1.29 is 14.0 Å². The highest BCUT2D eigenvalue weighted by Crippen LogP contribution is 2.14. The Hall–Kier alpha value is -2.70. The first kappa shape index (κ1) is 17.1. The molecular formula is C18H21FN4O2. The van der Waals surface area contributed by atoms with Gasteiger partial charge in [0.25, 0.3) is 5.91 Å². The van der Waals surface area contributed by atoms with Crippen molar-refractivity contribution in [2.45, 2.75) is 32.4 Å². The van der Waals surface area contributed by atoms with E-state index in [4.69, 9.17) is 0 Å². The molecule has 7 heteroatoms. The van der Waals surface area contributed by atoms with Crippen LogP contribution < -0.4 is 5.32 Å². The number of hydrogen-bond donors (Lipinski definition) is 1. The summed E-state index contributed by atoms with van der Waals surface area (Å²) in [7, 11) is 0. The second-order valence-electron chi connectivity index (χ2n) is 6.55. The minimum atomic E-state index is -0.445. The first-order valence-electron chi connectivity index (χ1n) is 8.29. The number of hydrogen-bond acceptors (Lipinski definition) is 3. The molecule has 6 nitrogen and oxygen atoms in total. The van der Waals surface area contributed by atoms with Gasteiger partial charge < -0.3 is 14.8 Å². The van der Waals surface area contributed by atoms with Gasteiger partial charge in [0.05, 0.1) is 6.04 Å². The van der Waals surface area contributed by atoms with E-state index in [1.54, 1.807) is 23.4 Å². The van der Waals surface area contributed by atoms with Crippen LogP contribution in [0.4, 0.5) is 4.39 Å². The Morgan fingerprint density at radius 3 is 2.80 bits per heavy atom. The number of nitrogens with zero attached hydrogens (tertiary/aromatic N) is 3. The van der Waals surface area contributed by atoms with Gasteiger partial charge in [-0.3, -0.25) is 9.59 Å². The molecular weight excluding hydrogens is 323 g/mol. The quantitative estimate of drug-likeness (QED) is 0.899. The summed E-state index contributed by atoms with van der Waals surface area (Å²) in [6.45, 7) is 5.24. The van der Waals surface area contributed by atoms with Crippen molar-refractivity contribution in [1.82, 2.24) is 19.8 Å². The SMILES string of the molecule is CC(C)c1nccn1CC(=O)N1CC(NC(=O)c2cccc(F)c2)C1. The molecule has 2 aromatic rings. The lowest BCUT2D eigenvalue weighted by molar-refractivity contribution is -0.136. The summed E-state index contributed by atoms with van der Waals surface area (Å²) >= 11 is 0. The Morgan fingerprint density at radius 1 is 1.36 bits per heavy atom. The Labute approximate surface area is 145 Å². The molecule has 0 radical (unpaired) electrons. The maximum absolute atomic E-state index is 13.2. The normalized spacial score (nSPS) is 14.5. The predicted octanol–water partition coefficient (Wildman–Crippen LogP) is 1.79. The molecule has 1 aromatic carbocycles. The highest BCUT2D eigenvalue weighted by atomic mass is 19.1. The van der Waals surface area contributed by atoms with Crippen LogP contribution in [0.2, 0.25) is 0 Å². The van der Waals surface area contributed by atoms with Crippen LogP contribution in [0.15, 0.2) is 36.7 Å². The molecule has 2 amide bonds. The van der Waals surface area contributed by atoms with Crippen LogP contribution >= 0.6 is 0 Å². The molecule has 25 heavy (non-hydrogen) atoms. The fourth-order valence-electron chi connectivity index (χ4n) is 2.87. The van der Waals surface area contributed by atoms with E-state index in [9.17, 15) is 14.0 Å². The summed E-state index contributed by atoms with van der Waals surface area (Å²) in [6.07, 6.45) is 3.50. The molecule has 2 heterocycles. The molecule has 1 N–H and O–H groups in total. The number of carbonyl (C=O) groups is 2. The molecule has 132 valence electrons. The van der Waals surface area contributed by atoms with E-state index in [-0.39, 0.29) is 35.9 Å². The summed E-state index contributed by atoms with van der Waals surface area (Å²) < 4.78 is 15.0. The lowest BCUT2D eigenvalue weighted by atomic mass is 10.1. The van der Waals surface area contributed by atoms with Gasteiger partial charge in [-0.1, -0.05) is 19.9 Å². The molecule has 1 aliphatic rings. The summed E-state index contributed by atoms with van der Waals surface area (Å²) in [5, 5.41) is 2.81. The highest BCUT2D eigenvalue weighted by molar-refractivity contribution is 5.94. The zero-order chi connectivity index (χ0) is 18.0. The molecule has 0 atom stereocenters. The van der Waals surface area contributed by atoms with E-state index in [0.29, 0.717) is 13.1 Å². The van der Waals surface area contributed by atoms with Crippen molar-refractivity contribution in [1.29, 1.82) is 0 Å². The molecule has 3 rings (SSSR count). The third-order valence-corrected chi connectivity index (χ3v) is 4.23. The second-order valence-corrected chi connectivity index (χ2v) is 6.55. The van der Waals surface area contributed by atoms with Crippen molar-refractivity contribution in [3.8, 4) is 0 Å². The Bertz CT molecular complexity index is 781. The summed E-state index contributed by atoms with van der Waals surface area (Å²) in [6, 6.07) is 5.45. The van der Waals surface area contributed by atoms with Crippen molar-refractivity contribution in [2.75, 3.05) is 13.1 Å². The minimum absolute atomic E-state index is 0.00356. The Kier molecular flexibility index (Phi) is 4.83. The minimum Gasteiger partial charge on any atom is -0.346 e. The average Bonchev–Trinajstić information content (AvgIpc) is 2.98. The molecule has 1 aliphatic heterocycles. The smallest absolute Gasteiger partial charge is 0.251 e. The zero-order valence-electron chi connectivity index (χ0n) is 14.3. The molecule has 1 aromatic heterocycles. The summed E-state index contributed by atoms with van der Waals surface area (Å²) in [5.74, 6) is 0.353. The van der Waals surface area contributed by atoms with Gasteiger partial charge in [0, 0.05) is 37.0 Å². The van der Waals surface area contributed by atoms with Gasteiger partial charge in [-0.15, -0.1) is 0 Å². The van der Waals surface area contributed by atoms with Gasteiger partial charge >= 0.3 is 0 Å². The van der Waals surface area contributed by atoms with Gasteiger partial charge in [-0.2, -0.15) is 0 Å². The third kappa shape index (κ3) is 3.87. The molecule has 0 saturated carbocycles. The van der Waals surface area contributed by atoms with Crippen LogP contribution in [0.25, 0.3) is 0 Å². The van der Waals surface area contributed by atoms with E-state index in [2.05, 4.69) is 10.3 Å². The Morgan fingerprint density at radius 2 is 2.12 bits per heavy atom. The van der Waals surface area contributed by atoms with Gasteiger partial charge in [0.1, 0.15) is 18.2 Å². The molecule has 0 aliphatic carbocycles. The average molecular weight is 344 g/mol. The lowest BCUT2D eigenvalue weighted by Gasteiger charge is -2.39. The third-order valence-electron chi connectivity index (χ3n) is 4.23. The van der Waals surface area contributed by atoms with E-state index < -0.39 is 5.82 Å². The van der Waals surface area contributed by atoms with Crippen LogP contribution in [0.3, 0.4) is 0 Å². The first-order chi connectivity index (χ1) is 11.9. The number of aromatic nitrogens is 2. The highest BCUT2D eigenvalue weighted by Gasteiger charge is 2.32. The molecule has 0 unspecified atom stereocenters. The van der Waals surface area contributed by atoms with Crippen LogP contribution in [-0.4, -0.2) is 45.4 Å². The predicted molar refractivity (Wildman–Crippen MR) is 90.6 cm³/mol. The van der Waals surface area contributed by atoms with Gasteiger partial charge in [0.2, 0.25) is 5.91 Å². The van der Waals surface area contributed by atoms with Crippen LogP contribution in [0.5, 0.6) is 0 Å². The van der Waals surface area contributed by atoms with Gasteiger partial charge in [0.15, 0.2) is 0 Å². The molecule has 0 spiro atoms. The van der Waals surface area contributed by atoms with Crippen molar-refractivity contribution >= 4 is 11.8 Å². The number of imidazole rings is 1.